The predicted molar refractivity (Wildman–Crippen MR) is 123 cm³/mol. The number of carbonyl (C=O) groups is 1. The molecule has 0 spiro atoms. The van der Waals surface area contributed by atoms with Gasteiger partial charge in [0, 0.05) is 18.1 Å². The molecule has 29 heavy (non-hydrogen) atoms. The van der Waals surface area contributed by atoms with E-state index in [2.05, 4.69) is 17.4 Å². The largest absolute Gasteiger partial charge is 0.353 e. The molecule has 0 saturated heterocycles. The molecule has 2 aromatic carbocycles. The lowest BCUT2D eigenvalue weighted by Gasteiger charge is -2.30. The van der Waals surface area contributed by atoms with Gasteiger partial charge in [-0.25, -0.2) is 8.42 Å². The van der Waals surface area contributed by atoms with Crippen molar-refractivity contribution in [2.45, 2.75) is 39.0 Å². The third-order valence-electron chi connectivity index (χ3n) is 4.73. The Bertz CT molecular complexity index is 915. The molecule has 1 unspecified atom stereocenters. The first-order valence-corrected chi connectivity index (χ1v) is 12.7. The van der Waals surface area contributed by atoms with E-state index in [9.17, 15) is 13.2 Å². The number of nitrogens with zero attached hydrogens (tertiary/aromatic N) is 1. The van der Waals surface area contributed by atoms with Crippen LogP contribution in [-0.2, 0) is 20.6 Å². The highest BCUT2D eigenvalue weighted by Gasteiger charge is 2.31. The Morgan fingerprint density at radius 1 is 1.10 bits per heavy atom. The summed E-state index contributed by atoms with van der Waals surface area (Å²) in [5, 5.41) is 2.90. The molecule has 0 aliphatic rings. The van der Waals surface area contributed by atoms with Gasteiger partial charge in [-0.05, 0) is 49.1 Å². The smallest absolute Gasteiger partial charge is 0.243 e. The maximum Gasteiger partial charge on any atom is 0.243 e. The molecule has 0 heterocycles. The second-order valence-electron chi connectivity index (χ2n) is 7.08. The summed E-state index contributed by atoms with van der Waals surface area (Å²) < 4.78 is 26.3. The van der Waals surface area contributed by atoms with Crippen LogP contribution in [0.2, 0.25) is 0 Å². The van der Waals surface area contributed by atoms with E-state index in [1.165, 1.54) is 9.87 Å². The molecule has 0 radical (unpaired) electrons. The maximum atomic E-state index is 12.8. The minimum atomic E-state index is -3.61. The van der Waals surface area contributed by atoms with Gasteiger partial charge in [0.25, 0.3) is 0 Å². The van der Waals surface area contributed by atoms with Gasteiger partial charge in [0.1, 0.15) is 6.04 Å². The summed E-state index contributed by atoms with van der Waals surface area (Å²) in [7, 11) is -3.61. The molecule has 1 atom stereocenters. The number of anilines is 1. The van der Waals surface area contributed by atoms with Gasteiger partial charge in [-0.3, -0.25) is 9.10 Å². The van der Waals surface area contributed by atoms with Crippen molar-refractivity contribution in [1.29, 1.82) is 0 Å². The molecule has 7 heteroatoms. The Morgan fingerprint density at radius 3 is 2.38 bits per heavy atom. The van der Waals surface area contributed by atoms with Gasteiger partial charge >= 0.3 is 0 Å². The summed E-state index contributed by atoms with van der Waals surface area (Å²) >= 11 is 1.73. The van der Waals surface area contributed by atoms with E-state index in [1.54, 1.807) is 17.8 Å². The van der Waals surface area contributed by atoms with Crippen molar-refractivity contribution in [2.75, 3.05) is 22.9 Å². The normalized spacial score (nSPS) is 12.4. The van der Waals surface area contributed by atoms with Gasteiger partial charge in [0.05, 0.1) is 11.9 Å². The molecule has 158 valence electrons. The average molecular weight is 435 g/mol. The number of carbonyl (C=O) groups excluding carboxylic acids is 1. The van der Waals surface area contributed by atoms with Gasteiger partial charge in [-0.1, -0.05) is 43.3 Å². The molecule has 5 nitrogen and oxygen atoms in total. The zero-order chi connectivity index (χ0) is 21.4. The Balaban J connectivity index is 2.01. The Kier molecular flexibility index (Phi) is 8.59. The van der Waals surface area contributed by atoms with Crippen LogP contribution < -0.4 is 9.62 Å². The lowest BCUT2D eigenvalue weighted by atomic mass is 10.1. The van der Waals surface area contributed by atoms with E-state index >= 15 is 0 Å². The number of hydrogen-bond donors (Lipinski definition) is 1. The molecule has 1 amide bonds. The first kappa shape index (κ1) is 23.3. The minimum Gasteiger partial charge on any atom is -0.353 e. The first-order valence-electron chi connectivity index (χ1n) is 9.70. The number of rotatable bonds is 10. The highest BCUT2D eigenvalue weighted by atomic mass is 32.2. The van der Waals surface area contributed by atoms with Crippen molar-refractivity contribution in [3.63, 3.8) is 0 Å². The van der Waals surface area contributed by atoms with Crippen molar-refractivity contribution in [2.24, 2.45) is 0 Å². The number of benzene rings is 2. The van der Waals surface area contributed by atoms with Crippen LogP contribution in [0, 0.1) is 13.8 Å². The molecular weight excluding hydrogens is 404 g/mol. The third-order valence-corrected chi connectivity index (χ3v) is 6.94. The molecule has 0 fully saturated rings. The highest BCUT2D eigenvalue weighted by Crippen LogP contribution is 2.25. The van der Waals surface area contributed by atoms with Gasteiger partial charge in [-0.15, -0.1) is 0 Å². The van der Waals surface area contributed by atoms with E-state index in [0.29, 0.717) is 18.7 Å². The van der Waals surface area contributed by atoms with E-state index < -0.39 is 16.1 Å². The summed E-state index contributed by atoms with van der Waals surface area (Å²) in [6, 6.07) is 14.9. The zero-order valence-electron chi connectivity index (χ0n) is 17.5. The number of sulfonamides is 1. The van der Waals surface area contributed by atoms with Crippen molar-refractivity contribution in [3.8, 4) is 0 Å². The van der Waals surface area contributed by atoms with Crippen LogP contribution in [0.1, 0.15) is 30.0 Å². The highest BCUT2D eigenvalue weighted by molar-refractivity contribution is 7.98. The number of amides is 1. The zero-order valence-corrected chi connectivity index (χ0v) is 19.1. The number of aryl methyl sites for hydroxylation is 2. The quantitative estimate of drug-likeness (QED) is 0.576. The van der Waals surface area contributed by atoms with Crippen LogP contribution in [0.3, 0.4) is 0 Å². The number of thioether (sulfide) groups is 1. The van der Waals surface area contributed by atoms with Gasteiger partial charge in [0.15, 0.2) is 0 Å². The summed E-state index contributed by atoms with van der Waals surface area (Å²) in [6.07, 6.45) is 1.54. The van der Waals surface area contributed by atoms with Crippen LogP contribution in [0.4, 0.5) is 5.69 Å². The lowest BCUT2D eigenvalue weighted by molar-refractivity contribution is -0.122. The maximum absolute atomic E-state index is 12.8. The van der Waals surface area contributed by atoms with Crippen LogP contribution in [-0.4, -0.2) is 38.9 Å². The molecule has 2 rings (SSSR count). The van der Waals surface area contributed by atoms with Crippen LogP contribution >= 0.6 is 11.8 Å². The van der Waals surface area contributed by atoms with Crippen molar-refractivity contribution < 1.29 is 13.2 Å². The molecule has 1 N–H and O–H groups in total. The molecule has 2 aromatic rings. The fourth-order valence-electron chi connectivity index (χ4n) is 3.05. The van der Waals surface area contributed by atoms with Crippen LogP contribution in [0.5, 0.6) is 0 Å². The van der Waals surface area contributed by atoms with E-state index in [0.717, 1.165) is 28.9 Å². The molecule has 0 saturated carbocycles. The van der Waals surface area contributed by atoms with Gasteiger partial charge < -0.3 is 5.32 Å². The molecule has 0 aromatic heterocycles. The van der Waals surface area contributed by atoms with Gasteiger partial charge in [0.2, 0.25) is 15.9 Å². The van der Waals surface area contributed by atoms with Crippen molar-refractivity contribution >= 4 is 33.4 Å². The Morgan fingerprint density at radius 2 is 1.79 bits per heavy atom. The van der Waals surface area contributed by atoms with Gasteiger partial charge in [-0.2, -0.15) is 11.8 Å². The molecule has 0 aliphatic carbocycles. The summed E-state index contributed by atoms with van der Waals surface area (Å²) in [6.45, 7) is 6.23. The Hall–Kier alpha value is -1.99. The molecular formula is C22H30N2O3S2. The molecule has 0 bridgehead atoms. The standard InChI is InChI=1S/C22H30N2O3S2/c1-5-21(22(25)23-13-14-28-16-19-9-7-6-8-10-19)24(29(4,26)27)20-12-11-17(2)18(3)15-20/h6-12,15,21H,5,13-14,16H2,1-4H3,(H,23,25). The van der Waals surface area contributed by atoms with Crippen LogP contribution in [0.15, 0.2) is 48.5 Å². The predicted octanol–water partition coefficient (Wildman–Crippen LogP) is 3.90. The summed E-state index contributed by atoms with van der Waals surface area (Å²) in [4.78, 5) is 12.8. The first-order chi connectivity index (χ1) is 13.7. The monoisotopic (exact) mass is 434 g/mol. The van der Waals surface area contributed by atoms with Crippen molar-refractivity contribution in [3.05, 3.63) is 65.2 Å². The second-order valence-corrected chi connectivity index (χ2v) is 10.0. The SMILES string of the molecule is CCC(C(=O)NCCSCc1ccccc1)N(c1ccc(C)c(C)c1)S(C)(=O)=O. The van der Waals surface area contributed by atoms with Crippen molar-refractivity contribution in [1.82, 2.24) is 5.32 Å². The number of nitrogens with one attached hydrogen (secondary N) is 1. The fraction of sp³-hybridized carbons (Fsp3) is 0.409. The van der Waals surface area contributed by atoms with E-state index in [1.807, 2.05) is 51.1 Å². The minimum absolute atomic E-state index is 0.267. The van der Waals surface area contributed by atoms with E-state index in [-0.39, 0.29) is 5.91 Å². The van der Waals surface area contributed by atoms with E-state index in [4.69, 9.17) is 0 Å². The summed E-state index contributed by atoms with van der Waals surface area (Å²) in [5.74, 6) is 1.38. The topological polar surface area (TPSA) is 66.5 Å². The lowest BCUT2D eigenvalue weighted by Crippen LogP contribution is -2.49. The third kappa shape index (κ3) is 6.78. The summed E-state index contributed by atoms with van der Waals surface area (Å²) in [5.41, 5.74) is 3.84. The average Bonchev–Trinajstić information content (AvgIpc) is 2.67. The number of hydrogen-bond acceptors (Lipinski definition) is 4. The Labute approximate surface area is 178 Å². The molecule has 0 aliphatic heterocycles. The van der Waals surface area contributed by atoms with Crippen LogP contribution in [0.25, 0.3) is 0 Å². The second kappa shape index (κ2) is 10.7. The fourth-order valence-corrected chi connectivity index (χ4v) is 5.07.